The molecule has 3 unspecified atom stereocenters. The molecule has 0 aromatic carbocycles. The monoisotopic (exact) mass is 1100 g/mol. The topological polar surface area (TPSA) is 105 Å². The molecule has 77 heavy (non-hydrogen) atoms. The van der Waals surface area contributed by atoms with Gasteiger partial charge >= 0.3 is 7.82 Å². The van der Waals surface area contributed by atoms with Gasteiger partial charge in [0, 0.05) is 6.42 Å². The van der Waals surface area contributed by atoms with Gasteiger partial charge in [0.25, 0.3) is 0 Å². The van der Waals surface area contributed by atoms with Gasteiger partial charge in [-0.15, -0.1) is 0 Å². The first-order chi connectivity index (χ1) is 37.5. The van der Waals surface area contributed by atoms with Crippen LogP contribution in [0.2, 0.25) is 0 Å². The van der Waals surface area contributed by atoms with Gasteiger partial charge in [-0.05, 0) is 64.2 Å². The number of likely N-dealkylation sites (N-methyl/N-ethyl adjacent to an activating group) is 1. The van der Waals surface area contributed by atoms with E-state index >= 15 is 0 Å². The number of hydrogen-bond acceptors (Lipinski definition) is 5. The Morgan fingerprint density at radius 1 is 0.455 bits per heavy atom. The Hall–Kier alpha value is -2.06. The zero-order valence-corrected chi connectivity index (χ0v) is 52.3. The molecule has 0 bridgehead atoms. The molecular formula is C68H128N2O6P+. The summed E-state index contributed by atoms with van der Waals surface area (Å²) in [6.07, 6.45) is 81.2. The van der Waals surface area contributed by atoms with Crippen LogP contribution >= 0.6 is 7.82 Å². The van der Waals surface area contributed by atoms with Crippen LogP contribution in [0.5, 0.6) is 0 Å². The van der Waals surface area contributed by atoms with Gasteiger partial charge in [0.1, 0.15) is 13.2 Å². The van der Waals surface area contributed by atoms with Gasteiger partial charge in [0.2, 0.25) is 5.91 Å². The summed E-state index contributed by atoms with van der Waals surface area (Å²) in [7, 11) is 1.62. The summed E-state index contributed by atoms with van der Waals surface area (Å²) in [5.41, 5.74) is 0. The Morgan fingerprint density at radius 3 is 1.14 bits per heavy atom. The molecular weight excluding hydrogens is 972 g/mol. The predicted octanol–water partition coefficient (Wildman–Crippen LogP) is 20.6. The average Bonchev–Trinajstić information content (AvgIpc) is 3.39. The van der Waals surface area contributed by atoms with Gasteiger partial charge < -0.3 is 19.8 Å². The number of carbonyl (C=O) groups excluding carboxylic acids is 1. The number of quaternary nitrogens is 1. The molecule has 1 amide bonds. The number of nitrogens with one attached hydrogen (secondary N) is 1. The lowest BCUT2D eigenvalue weighted by Crippen LogP contribution is -2.46. The second-order valence-electron chi connectivity index (χ2n) is 23.5. The molecule has 0 heterocycles. The van der Waals surface area contributed by atoms with Crippen molar-refractivity contribution in [2.45, 2.75) is 315 Å². The van der Waals surface area contributed by atoms with Crippen LogP contribution < -0.4 is 5.32 Å². The largest absolute Gasteiger partial charge is 0.472 e. The van der Waals surface area contributed by atoms with Gasteiger partial charge in [0.05, 0.1) is 39.9 Å². The number of unbranched alkanes of at least 4 members (excludes halogenated alkanes) is 35. The molecule has 0 spiro atoms. The maximum Gasteiger partial charge on any atom is 0.472 e. The second kappa shape index (κ2) is 58.6. The number of nitrogens with zero attached hydrogens (tertiary/aromatic N) is 1. The summed E-state index contributed by atoms with van der Waals surface area (Å²) >= 11 is 0. The number of amides is 1. The highest BCUT2D eigenvalue weighted by molar-refractivity contribution is 7.47. The number of rotatable bonds is 60. The van der Waals surface area contributed by atoms with E-state index in [-0.39, 0.29) is 19.1 Å². The quantitative estimate of drug-likeness (QED) is 0.0243. The Balaban J connectivity index is 4.10. The Kier molecular flexibility index (Phi) is 57.0. The van der Waals surface area contributed by atoms with Crippen molar-refractivity contribution >= 4 is 13.7 Å². The van der Waals surface area contributed by atoms with Gasteiger partial charge in [0.15, 0.2) is 0 Å². The van der Waals surface area contributed by atoms with E-state index < -0.39 is 20.0 Å². The summed E-state index contributed by atoms with van der Waals surface area (Å²) in [5.74, 6) is -0.145. The number of carbonyl (C=O) groups is 1. The van der Waals surface area contributed by atoms with E-state index in [2.05, 4.69) is 92.1 Å². The lowest BCUT2D eigenvalue weighted by molar-refractivity contribution is -0.870. The van der Waals surface area contributed by atoms with Gasteiger partial charge in [-0.25, -0.2) is 4.57 Å². The van der Waals surface area contributed by atoms with Gasteiger partial charge in [-0.2, -0.15) is 0 Å². The molecule has 9 heteroatoms. The van der Waals surface area contributed by atoms with Crippen molar-refractivity contribution < 1.29 is 32.9 Å². The van der Waals surface area contributed by atoms with Crippen molar-refractivity contribution in [3.8, 4) is 0 Å². The highest BCUT2D eigenvalue weighted by Gasteiger charge is 2.28. The fourth-order valence-corrected chi connectivity index (χ4v) is 10.4. The number of hydrogen-bond donors (Lipinski definition) is 3. The molecule has 0 aliphatic carbocycles. The van der Waals surface area contributed by atoms with E-state index in [1.54, 1.807) is 0 Å². The second-order valence-corrected chi connectivity index (χ2v) is 24.9. The number of aliphatic hydroxyl groups is 1. The van der Waals surface area contributed by atoms with Gasteiger partial charge in [-0.3, -0.25) is 13.8 Å². The summed E-state index contributed by atoms with van der Waals surface area (Å²) in [5, 5.41) is 14.1. The van der Waals surface area contributed by atoms with E-state index in [1.807, 2.05) is 21.1 Å². The smallest absolute Gasteiger partial charge is 0.391 e. The van der Waals surface area contributed by atoms with E-state index in [4.69, 9.17) is 9.05 Å². The highest BCUT2D eigenvalue weighted by Crippen LogP contribution is 2.43. The van der Waals surface area contributed by atoms with Crippen LogP contribution in [0.3, 0.4) is 0 Å². The van der Waals surface area contributed by atoms with Crippen LogP contribution in [0.25, 0.3) is 0 Å². The molecule has 0 aromatic rings. The maximum atomic E-state index is 13.1. The molecule has 0 rings (SSSR count). The predicted molar refractivity (Wildman–Crippen MR) is 337 cm³/mol. The van der Waals surface area contributed by atoms with Crippen LogP contribution in [-0.4, -0.2) is 73.4 Å². The van der Waals surface area contributed by atoms with Crippen molar-refractivity contribution in [3.05, 3.63) is 72.9 Å². The van der Waals surface area contributed by atoms with E-state index in [0.717, 1.165) is 77.0 Å². The fourth-order valence-electron chi connectivity index (χ4n) is 9.64. The third-order valence-electron chi connectivity index (χ3n) is 14.7. The average molecular weight is 1100 g/mol. The van der Waals surface area contributed by atoms with Crippen molar-refractivity contribution in [3.63, 3.8) is 0 Å². The Morgan fingerprint density at radius 2 is 0.779 bits per heavy atom. The molecule has 450 valence electrons. The number of allylic oxidation sites excluding steroid dienone is 12. The van der Waals surface area contributed by atoms with E-state index in [9.17, 15) is 19.4 Å². The van der Waals surface area contributed by atoms with Crippen LogP contribution in [0.4, 0.5) is 0 Å². The molecule has 0 aromatic heterocycles. The van der Waals surface area contributed by atoms with Crippen LogP contribution in [0, 0.1) is 0 Å². The number of aliphatic hydroxyl groups excluding tert-OH is 1. The minimum absolute atomic E-state index is 0.0727. The molecule has 0 aliphatic rings. The van der Waals surface area contributed by atoms with E-state index in [1.165, 1.54) is 199 Å². The minimum atomic E-state index is -4.33. The number of phosphoric acid groups is 1. The third-order valence-corrected chi connectivity index (χ3v) is 15.7. The number of phosphoric ester groups is 1. The summed E-state index contributed by atoms with van der Waals surface area (Å²) in [6, 6.07) is -0.767. The van der Waals surface area contributed by atoms with E-state index in [0.29, 0.717) is 23.9 Å². The van der Waals surface area contributed by atoms with Gasteiger partial charge in [-0.1, -0.05) is 305 Å². The Bertz CT molecular complexity index is 1480. The van der Waals surface area contributed by atoms with Crippen molar-refractivity contribution in [2.75, 3.05) is 40.9 Å². The molecule has 3 N–H and O–H groups in total. The normalized spacial score (nSPS) is 14.2. The first-order valence-corrected chi connectivity index (χ1v) is 34.3. The molecule has 0 fully saturated rings. The summed E-state index contributed by atoms with van der Waals surface area (Å²) in [6.45, 7) is 4.81. The molecule has 0 radical (unpaired) electrons. The van der Waals surface area contributed by atoms with Crippen LogP contribution in [-0.2, 0) is 18.4 Å². The SMILES string of the molecule is CC/C=C\C/C=C\C/C=C\C/C=C\C/C=C\C/C=C\CCCCCCCCCCCCCCC(=O)NC(COP(=O)(O)OCC[N+](C)(C)C)C(O)CCCCCCCCCCCCCCCCCCCCCCCCCC. The van der Waals surface area contributed by atoms with Crippen molar-refractivity contribution in [1.82, 2.24) is 5.32 Å². The molecule has 3 atom stereocenters. The molecule has 8 nitrogen and oxygen atoms in total. The first kappa shape index (κ1) is 74.9. The van der Waals surface area contributed by atoms with Crippen LogP contribution in [0.1, 0.15) is 303 Å². The summed E-state index contributed by atoms with van der Waals surface area (Å²) in [4.78, 5) is 23.4. The lowest BCUT2D eigenvalue weighted by atomic mass is 10.0. The van der Waals surface area contributed by atoms with Crippen molar-refractivity contribution in [1.29, 1.82) is 0 Å². The minimum Gasteiger partial charge on any atom is -0.391 e. The molecule has 0 aliphatic heterocycles. The zero-order chi connectivity index (χ0) is 56.3. The van der Waals surface area contributed by atoms with Crippen LogP contribution in [0.15, 0.2) is 72.9 Å². The zero-order valence-electron chi connectivity index (χ0n) is 51.4. The lowest BCUT2D eigenvalue weighted by Gasteiger charge is -2.26. The third kappa shape index (κ3) is 61.4. The highest BCUT2D eigenvalue weighted by atomic mass is 31.2. The van der Waals surface area contributed by atoms with Crippen molar-refractivity contribution in [2.24, 2.45) is 0 Å². The molecule has 0 saturated heterocycles. The molecule has 0 saturated carbocycles. The first-order valence-electron chi connectivity index (χ1n) is 32.8. The standard InChI is InChI=1S/C68H127N2O6P/c1-6-8-10-12-14-16-18-20-22-24-26-28-30-32-33-34-35-36-37-38-40-42-44-46-48-50-52-54-56-58-60-62-68(72)69-66(65-76-77(73,74)75-64-63-70(3,4)5)67(71)61-59-57-55-53-51-49-47-45-43-41-39-31-29-27-25-23-21-19-17-15-13-11-9-7-2/h8,10,14,16,20,22,26,28,32-33,35-36,66-67,71H,6-7,9,11-13,15,17-19,21,23-25,27,29-31,34,37-65H2,1-5H3,(H-,69,72,73,74)/p+1/b10-8-,16-14-,22-20-,28-26-,33-32-,36-35-. The fraction of sp³-hybridized carbons (Fsp3) is 0.809. The Labute approximate surface area is 478 Å². The maximum absolute atomic E-state index is 13.1. The summed E-state index contributed by atoms with van der Waals surface area (Å²) < 4.78 is 23.9.